The third-order valence-electron chi connectivity index (χ3n) is 0. The Morgan fingerprint density at radius 2 is 1.38 bits per heavy atom. The highest BCUT2D eigenvalue weighted by Crippen LogP contribution is 2.25. The van der Waals surface area contributed by atoms with Crippen LogP contribution in [0.1, 0.15) is 0 Å². The summed E-state index contributed by atoms with van der Waals surface area (Å²) in [4.78, 5) is 21.6. The highest BCUT2D eigenvalue weighted by Gasteiger charge is 2.00. The zero-order valence-corrected chi connectivity index (χ0v) is 4.62. The molecule has 0 aliphatic rings. The molecule has 5 nitrogen and oxygen atoms in total. The molecule has 0 aliphatic heterocycles. The van der Waals surface area contributed by atoms with Crippen molar-refractivity contribution in [2.24, 2.45) is 0 Å². The summed E-state index contributed by atoms with van der Waals surface area (Å²) < 4.78 is 8.88. The Balaban J connectivity index is 0. The molecule has 0 rings (SSSR count). The number of rotatable bonds is 0. The average molecular weight is 140 g/mol. The van der Waals surface area contributed by atoms with E-state index < -0.39 is 7.82 Å². The average Bonchev–Trinajstić information content (AvgIpc) is 1.27. The fourth-order valence-electron chi connectivity index (χ4n) is 0. The van der Waals surface area contributed by atoms with Gasteiger partial charge in [-0.2, -0.15) is 0 Å². The Morgan fingerprint density at radius 3 is 1.38 bits per heavy atom. The normalized spacial score (nSPS) is 8.25. The lowest BCUT2D eigenvalue weighted by Crippen LogP contribution is -1.66. The van der Waals surface area contributed by atoms with Crippen molar-refractivity contribution in [3.05, 3.63) is 0 Å². The van der Waals surface area contributed by atoms with Crippen molar-refractivity contribution < 1.29 is 24.4 Å². The van der Waals surface area contributed by atoms with Gasteiger partial charge in [0.25, 0.3) is 0 Å². The Kier molecular flexibility index (Phi) is 6.04. The molecule has 0 saturated heterocycles. The van der Waals surface area contributed by atoms with Gasteiger partial charge in [0.15, 0.2) is 0 Å². The van der Waals surface area contributed by atoms with E-state index in [1.54, 1.807) is 0 Å². The molecule has 0 aromatic heterocycles. The summed E-state index contributed by atoms with van der Waals surface area (Å²) in [5.41, 5.74) is 0. The molecule has 48 valence electrons. The molecule has 0 aliphatic carbocycles. The van der Waals surface area contributed by atoms with Crippen molar-refractivity contribution >= 4 is 7.82 Å². The van der Waals surface area contributed by atoms with Gasteiger partial charge in [0.2, 0.25) is 0 Å². The molecule has 0 saturated carbocycles. The van der Waals surface area contributed by atoms with Crippen LogP contribution in [0.3, 0.4) is 0 Å². The first-order valence-corrected chi connectivity index (χ1v) is 2.86. The zero-order valence-electron chi connectivity index (χ0n) is 3.72. The van der Waals surface area contributed by atoms with Gasteiger partial charge in [-0.15, -0.1) is 0 Å². The highest BCUT2D eigenvalue weighted by molar-refractivity contribution is 7.45. The van der Waals surface area contributed by atoms with E-state index in [-0.39, 0.29) is 0 Å². The summed E-state index contributed by atoms with van der Waals surface area (Å²) in [5.74, 6) is 0. The monoisotopic (exact) mass is 140 g/mol. The van der Waals surface area contributed by atoms with E-state index in [4.69, 9.17) is 24.4 Å². The van der Waals surface area contributed by atoms with E-state index in [0.717, 1.165) is 0 Å². The fraction of sp³-hybridized carbons (Fsp3) is 0. The lowest BCUT2D eigenvalue weighted by atomic mass is 11.3. The summed E-state index contributed by atoms with van der Waals surface area (Å²) in [7, 11) is -4.64. The number of hydrogen-bond donors (Lipinski definition) is 4. The number of hydrogen-bond acceptors (Lipinski definition) is 2. The van der Waals surface area contributed by atoms with Gasteiger partial charge in [-0.25, -0.2) is 4.57 Å². The van der Waals surface area contributed by atoms with Crippen LogP contribution in [0.5, 0.6) is 0 Å². The maximum Gasteiger partial charge on any atom is 0.466 e. The molecule has 4 N–H and O–H groups in total. The SMILES string of the molecule is C#CO.O=P(O)(O)O. The first kappa shape index (κ1) is 10.5. The number of aliphatic hydroxyl groups is 1. The molecule has 6 heteroatoms. The van der Waals surface area contributed by atoms with Crippen molar-refractivity contribution in [2.75, 3.05) is 0 Å². The lowest BCUT2D eigenvalue weighted by molar-refractivity contribution is 0.275. The Labute approximate surface area is 45.8 Å². The third-order valence-corrected chi connectivity index (χ3v) is 0. The summed E-state index contributed by atoms with van der Waals surface area (Å²) >= 11 is 0. The quantitative estimate of drug-likeness (QED) is 0.256. The molecule has 0 heterocycles. The number of aliphatic hydroxyl groups excluding tert-OH is 1. The van der Waals surface area contributed by atoms with Crippen LogP contribution in [0.25, 0.3) is 0 Å². The van der Waals surface area contributed by atoms with Gasteiger partial charge < -0.3 is 19.8 Å². The maximum atomic E-state index is 8.88. The third kappa shape index (κ3) is 389. The van der Waals surface area contributed by atoms with Crippen LogP contribution in [-0.2, 0) is 4.57 Å². The Morgan fingerprint density at radius 1 is 1.38 bits per heavy atom. The van der Waals surface area contributed by atoms with Crippen molar-refractivity contribution in [1.82, 2.24) is 0 Å². The number of phosphoric acid groups is 1. The van der Waals surface area contributed by atoms with Crippen LogP contribution in [0.4, 0.5) is 0 Å². The maximum absolute atomic E-state index is 8.88. The predicted molar refractivity (Wildman–Crippen MR) is 25.0 cm³/mol. The molecular weight excluding hydrogens is 135 g/mol. The van der Waals surface area contributed by atoms with Gasteiger partial charge in [0.1, 0.15) is 6.11 Å². The highest BCUT2D eigenvalue weighted by atomic mass is 31.2. The smallest absolute Gasteiger partial charge is 0.462 e. The molecule has 0 atom stereocenters. The Bertz CT molecular complexity index is 109. The van der Waals surface area contributed by atoms with Crippen molar-refractivity contribution in [3.8, 4) is 12.5 Å². The summed E-state index contributed by atoms with van der Waals surface area (Å²) in [6.07, 6.45) is 5.40. The molecule has 0 bridgehead atoms. The van der Waals surface area contributed by atoms with E-state index in [1.807, 2.05) is 0 Å². The fourth-order valence-corrected chi connectivity index (χ4v) is 0. The van der Waals surface area contributed by atoms with Gasteiger partial charge in [0, 0.05) is 0 Å². The molecular formula is C2H5O5P. The van der Waals surface area contributed by atoms with E-state index in [1.165, 1.54) is 6.11 Å². The van der Waals surface area contributed by atoms with Crippen LogP contribution in [0, 0.1) is 12.5 Å². The molecule has 8 heavy (non-hydrogen) atoms. The molecule has 0 unspecified atom stereocenters. The lowest BCUT2D eigenvalue weighted by Gasteiger charge is -1.82. The van der Waals surface area contributed by atoms with E-state index in [2.05, 4.69) is 6.42 Å². The predicted octanol–water partition coefficient (Wildman–Crippen LogP) is -0.979. The van der Waals surface area contributed by atoms with Gasteiger partial charge >= 0.3 is 7.82 Å². The van der Waals surface area contributed by atoms with Crippen LogP contribution in [0.2, 0.25) is 0 Å². The minimum absolute atomic E-state index is 1.25. The second-order valence-corrected chi connectivity index (χ2v) is 1.67. The first-order valence-electron chi connectivity index (χ1n) is 1.29. The van der Waals surface area contributed by atoms with Gasteiger partial charge in [-0.05, 0) is 0 Å². The molecule has 0 fully saturated rings. The summed E-state index contributed by atoms with van der Waals surface area (Å²) in [5, 5.41) is 7.10. The van der Waals surface area contributed by atoms with Gasteiger partial charge in [-0.3, -0.25) is 0 Å². The van der Waals surface area contributed by atoms with Crippen LogP contribution < -0.4 is 0 Å². The summed E-state index contributed by atoms with van der Waals surface area (Å²) in [6.45, 7) is 0. The zero-order chi connectivity index (χ0) is 7.21. The van der Waals surface area contributed by atoms with Crippen molar-refractivity contribution in [3.63, 3.8) is 0 Å². The first-order chi connectivity index (χ1) is 3.41. The molecule has 0 radical (unpaired) electrons. The van der Waals surface area contributed by atoms with Crippen LogP contribution in [-0.4, -0.2) is 19.8 Å². The number of terminal acetylenes is 1. The van der Waals surface area contributed by atoms with E-state index in [9.17, 15) is 0 Å². The minimum atomic E-state index is -4.64. The topological polar surface area (TPSA) is 98.0 Å². The Hall–Kier alpha value is -0.530. The van der Waals surface area contributed by atoms with Crippen LogP contribution >= 0.6 is 7.82 Å². The van der Waals surface area contributed by atoms with E-state index >= 15 is 0 Å². The van der Waals surface area contributed by atoms with Gasteiger partial charge in [-0.1, -0.05) is 6.42 Å². The molecule has 0 aromatic carbocycles. The second kappa shape index (κ2) is 4.62. The standard InChI is InChI=1S/C2H2O.H3O4P/c1-2-3;1-5(2,3)4/h1,3H;(H3,1,2,3,4). The molecule has 0 aromatic rings. The van der Waals surface area contributed by atoms with Gasteiger partial charge in [0.05, 0.1) is 0 Å². The largest absolute Gasteiger partial charge is 0.466 e. The van der Waals surface area contributed by atoms with Crippen molar-refractivity contribution in [1.29, 1.82) is 0 Å². The molecule has 0 amide bonds. The molecule has 0 spiro atoms. The minimum Gasteiger partial charge on any atom is -0.462 e. The second-order valence-electron chi connectivity index (χ2n) is 0.642. The van der Waals surface area contributed by atoms with E-state index in [0.29, 0.717) is 0 Å². The van der Waals surface area contributed by atoms with Crippen LogP contribution in [0.15, 0.2) is 0 Å². The summed E-state index contributed by atoms with van der Waals surface area (Å²) in [6, 6.07) is 0. The van der Waals surface area contributed by atoms with Crippen molar-refractivity contribution in [2.45, 2.75) is 0 Å².